The van der Waals surface area contributed by atoms with Gasteiger partial charge in [-0.25, -0.2) is 4.98 Å². The van der Waals surface area contributed by atoms with Crippen LogP contribution in [0.2, 0.25) is 0 Å². The summed E-state index contributed by atoms with van der Waals surface area (Å²) in [6, 6.07) is 12.7. The monoisotopic (exact) mass is 253 g/mol. The Bertz CT molecular complexity index is 565. The maximum absolute atomic E-state index is 5.71. The van der Waals surface area contributed by atoms with E-state index in [2.05, 4.69) is 40.2 Å². The van der Waals surface area contributed by atoms with Crippen molar-refractivity contribution < 1.29 is 0 Å². The van der Waals surface area contributed by atoms with Gasteiger partial charge in [0.25, 0.3) is 0 Å². The molecule has 0 spiro atoms. The van der Waals surface area contributed by atoms with Crippen molar-refractivity contribution in [1.29, 1.82) is 0 Å². The summed E-state index contributed by atoms with van der Waals surface area (Å²) in [4.78, 5) is 6.93. The molecule has 0 amide bonds. The first-order chi connectivity index (χ1) is 9.40. The smallest absolute Gasteiger partial charge is 0.136 e. The summed E-state index contributed by atoms with van der Waals surface area (Å²) in [5.41, 5.74) is 9.66. The van der Waals surface area contributed by atoms with Crippen LogP contribution in [0.15, 0.2) is 42.6 Å². The van der Waals surface area contributed by atoms with Gasteiger partial charge >= 0.3 is 0 Å². The summed E-state index contributed by atoms with van der Waals surface area (Å²) < 4.78 is 0. The molecule has 2 heterocycles. The number of nitrogens with zero attached hydrogens (tertiary/aromatic N) is 2. The molecule has 0 radical (unpaired) electrons. The van der Waals surface area contributed by atoms with Crippen LogP contribution >= 0.6 is 0 Å². The van der Waals surface area contributed by atoms with E-state index in [4.69, 9.17) is 5.73 Å². The fourth-order valence-electron chi connectivity index (χ4n) is 2.78. The Balaban J connectivity index is 2.04. The average molecular weight is 253 g/mol. The quantitative estimate of drug-likeness (QED) is 0.914. The largest absolute Gasteiger partial charge is 0.330 e. The highest BCUT2D eigenvalue weighted by atomic mass is 15.2. The average Bonchev–Trinajstić information content (AvgIpc) is 2.48. The lowest BCUT2D eigenvalue weighted by Gasteiger charge is -2.31. The van der Waals surface area contributed by atoms with Crippen LogP contribution < -0.4 is 10.6 Å². The Morgan fingerprint density at radius 3 is 2.95 bits per heavy atom. The number of rotatable bonds is 3. The molecule has 0 unspecified atom stereocenters. The number of anilines is 2. The van der Waals surface area contributed by atoms with Gasteiger partial charge in [-0.3, -0.25) is 0 Å². The third kappa shape index (κ3) is 2.34. The molecule has 0 aliphatic carbocycles. The van der Waals surface area contributed by atoms with E-state index in [1.165, 1.54) is 23.2 Å². The SMILES string of the molecule is NCCc1cccnc1N1CCCc2ccccc21. The van der Waals surface area contributed by atoms with E-state index in [-0.39, 0.29) is 0 Å². The molecule has 0 bridgehead atoms. The van der Waals surface area contributed by atoms with Crippen molar-refractivity contribution >= 4 is 11.5 Å². The highest BCUT2D eigenvalue weighted by Gasteiger charge is 2.20. The molecular weight excluding hydrogens is 234 g/mol. The van der Waals surface area contributed by atoms with Crippen LogP contribution in [0.25, 0.3) is 0 Å². The first kappa shape index (κ1) is 12.2. The summed E-state index contributed by atoms with van der Waals surface area (Å²) in [7, 11) is 0. The molecule has 3 rings (SSSR count). The molecule has 3 nitrogen and oxygen atoms in total. The van der Waals surface area contributed by atoms with Gasteiger partial charge in [0.15, 0.2) is 0 Å². The van der Waals surface area contributed by atoms with E-state index >= 15 is 0 Å². The van der Waals surface area contributed by atoms with Gasteiger partial charge in [0.2, 0.25) is 0 Å². The number of benzene rings is 1. The van der Waals surface area contributed by atoms with Crippen molar-refractivity contribution in [2.24, 2.45) is 5.73 Å². The molecule has 1 aromatic heterocycles. The van der Waals surface area contributed by atoms with Crippen LogP contribution in [0.1, 0.15) is 17.5 Å². The van der Waals surface area contributed by atoms with E-state index in [9.17, 15) is 0 Å². The number of hydrogen-bond donors (Lipinski definition) is 1. The van der Waals surface area contributed by atoms with Crippen LogP contribution in [0.5, 0.6) is 0 Å². The molecule has 1 aromatic carbocycles. The lowest BCUT2D eigenvalue weighted by Crippen LogP contribution is -2.26. The Hall–Kier alpha value is -1.87. The number of nitrogens with two attached hydrogens (primary N) is 1. The maximum Gasteiger partial charge on any atom is 0.136 e. The molecule has 0 saturated heterocycles. The van der Waals surface area contributed by atoms with Crippen LogP contribution in [-0.2, 0) is 12.8 Å². The van der Waals surface area contributed by atoms with E-state index in [0.717, 1.165) is 25.2 Å². The van der Waals surface area contributed by atoms with Crippen LogP contribution in [0.4, 0.5) is 11.5 Å². The van der Waals surface area contributed by atoms with E-state index in [1.807, 2.05) is 12.3 Å². The second-order valence-corrected chi connectivity index (χ2v) is 4.91. The van der Waals surface area contributed by atoms with Gasteiger partial charge in [0.05, 0.1) is 0 Å². The van der Waals surface area contributed by atoms with Crippen molar-refractivity contribution in [2.45, 2.75) is 19.3 Å². The van der Waals surface area contributed by atoms with E-state index < -0.39 is 0 Å². The van der Waals surface area contributed by atoms with Crippen LogP contribution in [0, 0.1) is 0 Å². The van der Waals surface area contributed by atoms with Gasteiger partial charge in [-0.1, -0.05) is 24.3 Å². The first-order valence-electron chi connectivity index (χ1n) is 6.89. The zero-order chi connectivity index (χ0) is 13.1. The molecule has 19 heavy (non-hydrogen) atoms. The topological polar surface area (TPSA) is 42.1 Å². The normalized spacial score (nSPS) is 14.3. The molecule has 0 saturated carbocycles. The van der Waals surface area contributed by atoms with Crippen molar-refractivity contribution in [3.63, 3.8) is 0 Å². The van der Waals surface area contributed by atoms with Gasteiger partial charge < -0.3 is 10.6 Å². The third-order valence-electron chi connectivity index (χ3n) is 3.65. The summed E-state index contributed by atoms with van der Waals surface area (Å²) in [5.74, 6) is 1.07. The standard InChI is InChI=1S/C16H19N3/c17-10-9-14-6-3-11-18-16(14)19-12-4-7-13-5-1-2-8-15(13)19/h1-3,5-6,8,11H,4,7,9-10,12,17H2. The summed E-state index contributed by atoms with van der Waals surface area (Å²) in [6.07, 6.45) is 5.08. The molecule has 2 N–H and O–H groups in total. The Morgan fingerprint density at radius 2 is 2.05 bits per heavy atom. The minimum Gasteiger partial charge on any atom is -0.330 e. The lowest BCUT2D eigenvalue weighted by atomic mass is 10.0. The number of aryl methyl sites for hydroxylation is 1. The molecule has 98 valence electrons. The molecule has 1 aliphatic heterocycles. The van der Waals surface area contributed by atoms with Crippen LogP contribution in [0.3, 0.4) is 0 Å². The zero-order valence-corrected chi connectivity index (χ0v) is 11.0. The number of hydrogen-bond acceptors (Lipinski definition) is 3. The number of para-hydroxylation sites is 1. The number of aromatic nitrogens is 1. The van der Waals surface area contributed by atoms with E-state index in [0.29, 0.717) is 6.54 Å². The van der Waals surface area contributed by atoms with Crippen molar-refractivity contribution in [2.75, 3.05) is 18.0 Å². The van der Waals surface area contributed by atoms with Gasteiger partial charge in [-0.2, -0.15) is 0 Å². The second kappa shape index (κ2) is 5.41. The number of fused-ring (bicyclic) bond motifs is 1. The Kier molecular flexibility index (Phi) is 3.47. The predicted octanol–water partition coefficient (Wildman–Crippen LogP) is 2.67. The lowest BCUT2D eigenvalue weighted by molar-refractivity contribution is 0.754. The van der Waals surface area contributed by atoms with Gasteiger partial charge in [0.1, 0.15) is 5.82 Å². The molecule has 2 aromatic rings. The third-order valence-corrected chi connectivity index (χ3v) is 3.65. The van der Waals surface area contributed by atoms with Gasteiger partial charge in [0, 0.05) is 18.4 Å². The summed E-state index contributed by atoms with van der Waals surface area (Å²) in [6.45, 7) is 1.69. The van der Waals surface area contributed by atoms with Crippen molar-refractivity contribution in [3.8, 4) is 0 Å². The summed E-state index contributed by atoms with van der Waals surface area (Å²) >= 11 is 0. The highest BCUT2D eigenvalue weighted by Crippen LogP contribution is 2.33. The summed E-state index contributed by atoms with van der Waals surface area (Å²) in [5, 5.41) is 0. The second-order valence-electron chi connectivity index (χ2n) is 4.91. The Morgan fingerprint density at radius 1 is 1.16 bits per heavy atom. The van der Waals surface area contributed by atoms with E-state index in [1.54, 1.807) is 0 Å². The van der Waals surface area contributed by atoms with Gasteiger partial charge in [-0.15, -0.1) is 0 Å². The molecule has 0 atom stereocenters. The molecular formula is C16H19N3. The fourth-order valence-corrected chi connectivity index (χ4v) is 2.78. The molecule has 1 aliphatic rings. The zero-order valence-electron chi connectivity index (χ0n) is 11.0. The number of pyridine rings is 1. The van der Waals surface area contributed by atoms with Crippen molar-refractivity contribution in [1.82, 2.24) is 4.98 Å². The maximum atomic E-state index is 5.71. The predicted molar refractivity (Wildman–Crippen MR) is 78.8 cm³/mol. The van der Waals surface area contributed by atoms with Gasteiger partial charge in [-0.05, 0) is 49.1 Å². The first-order valence-corrected chi connectivity index (χ1v) is 6.89. The highest BCUT2D eigenvalue weighted by molar-refractivity contribution is 5.67. The minimum absolute atomic E-state index is 0.661. The molecule has 0 fully saturated rings. The minimum atomic E-state index is 0.661. The fraction of sp³-hybridized carbons (Fsp3) is 0.312. The molecule has 3 heteroatoms. The van der Waals surface area contributed by atoms with Crippen LogP contribution in [-0.4, -0.2) is 18.1 Å². The van der Waals surface area contributed by atoms with Crippen molar-refractivity contribution in [3.05, 3.63) is 53.7 Å². The Labute approximate surface area is 114 Å².